The van der Waals surface area contributed by atoms with Gasteiger partial charge in [-0.15, -0.1) is 0 Å². The van der Waals surface area contributed by atoms with Gasteiger partial charge in [-0.1, -0.05) is 40.0 Å². The summed E-state index contributed by atoms with van der Waals surface area (Å²) < 4.78 is 4.25. The number of aromatic hydroxyl groups is 1. The molecule has 0 bridgehead atoms. The summed E-state index contributed by atoms with van der Waals surface area (Å²) >= 11 is 0. The summed E-state index contributed by atoms with van der Waals surface area (Å²) in [6.07, 6.45) is 4.65. The molecule has 0 aliphatic heterocycles. The van der Waals surface area contributed by atoms with Crippen molar-refractivity contribution in [2.45, 2.75) is 39.0 Å². The molecule has 0 atom stereocenters. The monoisotopic (exact) mass is 375 g/mol. The molecule has 0 amide bonds. The van der Waals surface area contributed by atoms with E-state index in [0.717, 1.165) is 17.4 Å². The summed E-state index contributed by atoms with van der Waals surface area (Å²) in [5.74, 6) is 0.155. The van der Waals surface area contributed by atoms with Crippen molar-refractivity contribution < 1.29 is 14.6 Å². The van der Waals surface area contributed by atoms with Crippen LogP contribution >= 0.6 is 0 Å². The van der Waals surface area contributed by atoms with Gasteiger partial charge in [-0.05, 0) is 35.6 Å². The molecule has 6 nitrogen and oxygen atoms in total. The number of carbonyl (C=O) groups excluding carboxylic acids is 1. The van der Waals surface area contributed by atoms with Crippen LogP contribution in [0.5, 0.6) is 5.75 Å². The summed E-state index contributed by atoms with van der Waals surface area (Å²) in [7, 11) is 3.25. The number of nitrogen functional groups attached to an aromatic ring is 1. The van der Waals surface area contributed by atoms with E-state index in [1.807, 2.05) is 26.8 Å². The first-order valence-electron chi connectivity index (χ1n) is 8.37. The Morgan fingerprint density at radius 3 is 1.96 bits per heavy atom. The molecule has 1 aromatic rings. The number of benzene rings is 1. The number of phenolic OH excluding ortho intramolecular Hbond substituents is 1. The Balaban J connectivity index is 0. The minimum absolute atomic E-state index is 0.111. The Bertz CT molecular complexity index is 641. The molecule has 0 aromatic heterocycles. The Labute approximate surface area is 162 Å². The van der Waals surface area contributed by atoms with Crippen LogP contribution in [0.2, 0.25) is 0 Å². The van der Waals surface area contributed by atoms with Crippen molar-refractivity contribution in [1.29, 1.82) is 10.8 Å². The third kappa shape index (κ3) is 10.8. The first kappa shape index (κ1) is 26.5. The van der Waals surface area contributed by atoms with Crippen LogP contribution < -0.4 is 5.73 Å². The zero-order valence-corrected chi connectivity index (χ0v) is 17.1. The summed E-state index contributed by atoms with van der Waals surface area (Å²) in [6, 6.07) is 3.66. The average Bonchev–Trinajstić information content (AvgIpc) is 2.61. The number of aldehydes is 1. The number of anilines is 1. The fourth-order valence-corrected chi connectivity index (χ4v) is 1.88. The lowest BCUT2D eigenvalue weighted by molar-refractivity contribution is -0.107. The first-order chi connectivity index (χ1) is 12.5. The van der Waals surface area contributed by atoms with Gasteiger partial charge >= 0.3 is 0 Å². The van der Waals surface area contributed by atoms with Crippen LogP contribution in [-0.4, -0.2) is 37.0 Å². The first-order valence-corrected chi connectivity index (χ1v) is 8.37. The van der Waals surface area contributed by atoms with Gasteiger partial charge < -0.3 is 20.4 Å². The standard InChI is InChI=1S/C13H19NO2.C6H8N2.C2H6O/c1-13(2,3)10-7-9(5-4-6-15)8-11(14)12(10)16;1-3-5(7)6(8)4-2;1-3-2/h6-8,16H,4-5,14H2,1-3H3;3-4,7-8H,1-2H2;1-2H3. The fraction of sp³-hybridized carbons (Fsp3) is 0.381. The molecular weight excluding hydrogens is 342 g/mol. The van der Waals surface area contributed by atoms with E-state index in [1.54, 1.807) is 20.3 Å². The van der Waals surface area contributed by atoms with Crippen molar-refractivity contribution in [3.63, 3.8) is 0 Å². The van der Waals surface area contributed by atoms with Gasteiger partial charge in [0.2, 0.25) is 0 Å². The Morgan fingerprint density at radius 1 is 1.19 bits per heavy atom. The number of aryl methyl sites for hydroxylation is 1. The summed E-state index contributed by atoms with van der Waals surface area (Å²) in [5, 5.41) is 23.7. The van der Waals surface area contributed by atoms with Gasteiger partial charge in [0.25, 0.3) is 0 Å². The molecule has 0 saturated carbocycles. The quantitative estimate of drug-likeness (QED) is 0.259. The minimum atomic E-state index is -0.157. The van der Waals surface area contributed by atoms with Crippen molar-refractivity contribution in [2.75, 3.05) is 20.0 Å². The number of nitrogens with one attached hydrogen (secondary N) is 2. The van der Waals surface area contributed by atoms with Crippen LogP contribution in [0, 0.1) is 10.8 Å². The van der Waals surface area contributed by atoms with Crippen molar-refractivity contribution >= 4 is 23.4 Å². The van der Waals surface area contributed by atoms with E-state index < -0.39 is 0 Å². The van der Waals surface area contributed by atoms with Crippen LogP contribution in [0.4, 0.5) is 5.69 Å². The van der Waals surface area contributed by atoms with Crippen LogP contribution in [0.15, 0.2) is 37.4 Å². The second-order valence-corrected chi connectivity index (χ2v) is 6.68. The normalized spacial score (nSPS) is 9.67. The summed E-state index contributed by atoms with van der Waals surface area (Å²) in [6.45, 7) is 12.7. The lowest BCUT2D eigenvalue weighted by Crippen LogP contribution is -2.13. The van der Waals surface area contributed by atoms with Gasteiger partial charge in [-0.3, -0.25) is 10.8 Å². The highest BCUT2D eigenvalue weighted by atomic mass is 16.4. The zero-order chi connectivity index (χ0) is 21.6. The Morgan fingerprint density at radius 2 is 1.63 bits per heavy atom. The van der Waals surface area contributed by atoms with Crippen molar-refractivity contribution in [2.24, 2.45) is 0 Å². The number of carbonyl (C=O) groups is 1. The Hall–Kier alpha value is -2.73. The third-order valence-corrected chi connectivity index (χ3v) is 3.26. The van der Waals surface area contributed by atoms with E-state index in [0.29, 0.717) is 18.5 Å². The molecule has 27 heavy (non-hydrogen) atoms. The number of nitrogens with two attached hydrogens (primary N) is 1. The largest absolute Gasteiger partial charge is 0.505 e. The summed E-state index contributed by atoms with van der Waals surface area (Å²) in [4.78, 5) is 10.3. The summed E-state index contributed by atoms with van der Waals surface area (Å²) in [5.41, 5.74) is 8.02. The van der Waals surface area contributed by atoms with E-state index in [2.05, 4.69) is 17.9 Å². The van der Waals surface area contributed by atoms with Crippen LogP contribution in [0.1, 0.15) is 38.3 Å². The number of methoxy groups -OCH3 is 1. The minimum Gasteiger partial charge on any atom is -0.505 e. The molecule has 1 aromatic carbocycles. The average molecular weight is 376 g/mol. The predicted molar refractivity (Wildman–Crippen MR) is 114 cm³/mol. The van der Waals surface area contributed by atoms with E-state index in [1.165, 1.54) is 12.2 Å². The molecule has 0 radical (unpaired) electrons. The van der Waals surface area contributed by atoms with Crippen LogP contribution in [0.3, 0.4) is 0 Å². The molecule has 5 N–H and O–H groups in total. The number of hydrogen-bond acceptors (Lipinski definition) is 6. The van der Waals surface area contributed by atoms with E-state index in [9.17, 15) is 9.90 Å². The number of phenols is 1. The molecule has 1 rings (SSSR count). The van der Waals surface area contributed by atoms with Gasteiger partial charge in [-0.2, -0.15) is 0 Å². The second kappa shape index (κ2) is 13.5. The number of hydrogen-bond donors (Lipinski definition) is 4. The molecule has 0 heterocycles. The fourth-order valence-electron chi connectivity index (χ4n) is 1.88. The number of allylic oxidation sites excluding steroid dienone is 2. The SMILES string of the molecule is C=CC(=N)C(=N)C=C.CC(C)(C)c1cc(CCC=O)cc(N)c1O.COC. The second-order valence-electron chi connectivity index (χ2n) is 6.68. The number of rotatable bonds is 6. The molecule has 0 aliphatic carbocycles. The highest BCUT2D eigenvalue weighted by Crippen LogP contribution is 2.35. The van der Waals surface area contributed by atoms with Gasteiger partial charge in [0.05, 0.1) is 17.1 Å². The van der Waals surface area contributed by atoms with Gasteiger partial charge in [-0.25, -0.2) is 0 Å². The Kier molecular flexibility index (Phi) is 13.2. The highest BCUT2D eigenvalue weighted by Gasteiger charge is 2.20. The maximum Gasteiger partial charge on any atom is 0.142 e. The smallest absolute Gasteiger partial charge is 0.142 e. The zero-order valence-electron chi connectivity index (χ0n) is 17.1. The molecule has 0 saturated heterocycles. The maximum absolute atomic E-state index is 10.3. The number of ether oxygens (including phenoxy) is 1. The lowest BCUT2D eigenvalue weighted by atomic mass is 9.84. The molecule has 0 unspecified atom stereocenters. The molecular formula is C21H33N3O3. The van der Waals surface area contributed by atoms with Crippen molar-refractivity contribution in [1.82, 2.24) is 0 Å². The van der Waals surface area contributed by atoms with Crippen molar-refractivity contribution in [3.8, 4) is 5.75 Å². The van der Waals surface area contributed by atoms with E-state index >= 15 is 0 Å². The van der Waals surface area contributed by atoms with Crippen LogP contribution in [-0.2, 0) is 21.4 Å². The molecule has 0 spiro atoms. The molecule has 0 fully saturated rings. The predicted octanol–water partition coefficient (Wildman–Crippen LogP) is 4.06. The lowest BCUT2D eigenvalue weighted by Gasteiger charge is -2.22. The molecule has 0 aliphatic rings. The van der Waals surface area contributed by atoms with E-state index in [4.69, 9.17) is 16.6 Å². The van der Waals surface area contributed by atoms with Gasteiger partial charge in [0, 0.05) is 26.2 Å². The third-order valence-electron chi connectivity index (χ3n) is 3.26. The van der Waals surface area contributed by atoms with Crippen LogP contribution in [0.25, 0.3) is 0 Å². The maximum atomic E-state index is 10.3. The van der Waals surface area contributed by atoms with Gasteiger partial charge in [0.1, 0.15) is 12.0 Å². The molecule has 150 valence electrons. The van der Waals surface area contributed by atoms with Gasteiger partial charge in [0.15, 0.2) is 0 Å². The highest BCUT2D eigenvalue weighted by molar-refractivity contribution is 6.47. The molecule has 6 heteroatoms. The van der Waals surface area contributed by atoms with Crippen molar-refractivity contribution in [3.05, 3.63) is 48.6 Å². The van der Waals surface area contributed by atoms with E-state index in [-0.39, 0.29) is 22.6 Å². The topological polar surface area (TPSA) is 120 Å².